The van der Waals surface area contributed by atoms with Crippen LogP contribution < -0.4 is 10.6 Å². The molecule has 0 aliphatic carbocycles. The van der Waals surface area contributed by atoms with Gasteiger partial charge in [0.25, 0.3) is 0 Å². The Kier molecular flexibility index (Phi) is 9.36. The fourth-order valence-electron chi connectivity index (χ4n) is 1.39. The van der Waals surface area contributed by atoms with Crippen LogP contribution in [0.2, 0.25) is 0 Å². The molecule has 0 spiro atoms. The van der Waals surface area contributed by atoms with Crippen LogP contribution in [0, 0.1) is 0 Å². The smallest absolute Gasteiger partial charge is 0.221 e. The van der Waals surface area contributed by atoms with E-state index in [0.717, 1.165) is 12.8 Å². The highest BCUT2D eigenvalue weighted by Gasteiger charge is 2.21. The second-order valence-electron chi connectivity index (χ2n) is 4.17. The summed E-state index contributed by atoms with van der Waals surface area (Å²) in [5.41, 5.74) is 0. The second kappa shape index (κ2) is 9.55. The molecule has 0 aromatic carbocycles. The van der Waals surface area contributed by atoms with Gasteiger partial charge in [-0.3, -0.25) is 9.59 Å². The second-order valence-corrected chi connectivity index (χ2v) is 7.05. The molecule has 0 bridgehead atoms. The monoisotopic (exact) mass is 292 g/mol. The van der Waals surface area contributed by atoms with E-state index in [1.807, 2.05) is 23.5 Å². The van der Waals surface area contributed by atoms with E-state index < -0.39 is 0 Å². The number of hydrogen-bond donors (Lipinski definition) is 2. The summed E-state index contributed by atoms with van der Waals surface area (Å²) in [6.07, 6.45) is 6.96. The van der Waals surface area contributed by atoms with Gasteiger partial charge in [0, 0.05) is 26.4 Å². The van der Waals surface area contributed by atoms with Crippen molar-refractivity contribution in [1.29, 1.82) is 0 Å². The van der Waals surface area contributed by atoms with Gasteiger partial charge >= 0.3 is 0 Å². The molecular weight excluding hydrogens is 268 g/mol. The van der Waals surface area contributed by atoms with Gasteiger partial charge in [-0.2, -0.15) is 0 Å². The van der Waals surface area contributed by atoms with E-state index in [0.29, 0.717) is 19.4 Å². The molecule has 0 heterocycles. The Bertz CT molecular complexity index is 269. The van der Waals surface area contributed by atoms with Crippen LogP contribution in [-0.4, -0.2) is 42.0 Å². The topological polar surface area (TPSA) is 58.2 Å². The van der Waals surface area contributed by atoms with E-state index in [-0.39, 0.29) is 15.9 Å². The molecule has 4 nitrogen and oxygen atoms in total. The van der Waals surface area contributed by atoms with Crippen LogP contribution in [0.4, 0.5) is 0 Å². The zero-order valence-electron chi connectivity index (χ0n) is 11.7. The summed E-state index contributed by atoms with van der Waals surface area (Å²) >= 11 is 3.65. The molecule has 0 aliphatic rings. The molecule has 0 radical (unpaired) electrons. The Morgan fingerprint density at radius 1 is 1.11 bits per heavy atom. The first kappa shape index (κ1) is 17.6. The van der Waals surface area contributed by atoms with Gasteiger partial charge < -0.3 is 10.6 Å². The summed E-state index contributed by atoms with van der Waals surface area (Å²) in [6.45, 7) is 2.62. The van der Waals surface area contributed by atoms with Crippen molar-refractivity contribution in [3.05, 3.63) is 0 Å². The average molecular weight is 292 g/mol. The largest absolute Gasteiger partial charge is 0.359 e. The maximum atomic E-state index is 11.5. The summed E-state index contributed by atoms with van der Waals surface area (Å²) in [7, 11) is 1.59. The van der Waals surface area contributed by atoms with E-state index >= 15 is 0 Å². The van der Waals surface area contributed by atoms with Crippen LogP contribution >= 0.6 is 23.5 Å². The van der Waals surface area contributed by atoms with Crippen molar-refractivity contribution in [2.75, 3.05) is 26.1 Å². The lowest BCUT2D eigenvalue weighted by atomic mass is 10.2. The van der Waals surface area contributed by atoms with Gasteiger partial charge in [-0.15, -0.1) is 23.5 Å². The van der Waals surface area contributed by atoms with Crippen LogP contribution in [0.25, 0.3) is 0 Å². The molecule has 0 rings (SSSR count). The Morgan fingerprint density at radius 3 is 2.22 bits per heavy atom. The van der Waals surface area contributed by atoms with Gasteiger partial charge in [0.05, 0.1) is 4.08 Å². The fourth-order valence-corrected chi connectivity index (χ4v) is 2.75. The molecular formula is C12H24N2O2S2. The first-order chi connectivity index (χ1) is 8.47. The van der Waals surface area contributed by atoms with Gasteiger partial charge in [-0.25, -0.2) is 0 Å². The molecule has 0 unspecified atom stereocenters. The van der Waals surface area contributed by atoms with E-state index in [1.165, 1.54) is 0 Å². The lowest BCUT2D eigenvalue weighted by molar-refractivity contribution is -0.122. The van der Waals surface area contributed by atoms with Crippen molar-refractivity contribution in [1.82, 2.24) is 10.6 Å². The van der Waals surface area contributed by atoms with Crippen LogP contribution in [-0.2, 0) is 9.59 Å². The number of carbonyl (C=O) groups is 2. The van der Waals surface area contributed by atoms with Crippen molar-refractivity contribution in [3.8, 4) is 0 Å². The Hall–Kier alpha value is -0.360. The summed E-state index contributed by atoms with van der Waals surface area (Å²) < 4.78 is 0.197. The highest BCUT2D eigenvalue weighted by Crippen LogP contribution is 2.37. The molecule has 0 aromatic heterocycles. The minimum atomic E-state index is -0.0485. The maximum absolute atomic E-state index is 11.5. The third kappa shape index (κ3) is 7.87. The van der Waals surface area contributed by atoms with Crippen molar-refractivity contribution in [2.24, 2.45) is 0 Å². The standard InChI is InChI=1S/C12H24N2O2S2/c1-12(17-3,18-4)8-5-6-11(16)14-9-7-10(15)13-2/h5-9H2,1-4H3,(H,13,15)(H,14,16). The Morgan fingerprint density at radius 2 is 1.72 bits per heavy atom. The van der Waals surface area contributed by atoms with E-state index in [9.17, 15) is 9.59 Å². The lowest BCUT2D eigenvalue weighted by Gasteiger charge is -2.24. The molecule has 18 heavy (non-hydrogen) atoms. The Balaban J connectivity index is 3.68. The predicted molar refractivity (Wildman–Crippen MR) is 81.0 cm³/mol. The molecule has 0 fully saturated rings. The minimum Gasteiger partial charge on any atom is -0.359 e. The zero-order valence-corrected chi connectivity index (χ0v) is 13.3. The zero-order chi connectivity index (χ0) is 14.0. The number of carbonyl (C=O) groups excluding carboxylic acids is 2. The number of rotatable bonds is 9. The van der Waals surface area contributed by atoms with Gasteiger partial charge in [0.2, 0.25) is 11.8 Å². The highest BCUT2D eigenvalue weighted by molar-refractivity contribution is 8.17. The Labute approximate surface area is 118 Å². The number of nitrogens with one attached hydrogen (secondary N) is 2. The molecule has 106 valence electrons. The van der Waals surface area contributed by atoms with Gasteiger partial charge in [-0.05, 0) is 32.3 Å². The summed E-state index contributed by atoms with van der Waals surface area (Å²) in [4.78, 5) is 22.5. The van der Waals surface area contributed by atoms with E-state index in [1.54, 1.807) is 7.05 Å². The van der Waals surface area contributed by atoms with Gasteiger partial charge in [-0.1, -0.05) is 0 Å². The quantitative estimate of drug-likeness (QED) is 0.637. The van der Waals surface area contributed by atoms with E-state index in [4.69, 9.17) is 0 Å². The van der Waals surface area contributed by atoms with Crippen molar-refractivity contribution >= 4 is 35.3 Å². The van der Waals surface area contributed by atoms with Crippen molar-refractivity contribution < 1.29 is 9.59 Å². The molecule has 0 atom stereocenters. The fraction of sp³-hybridized carbons (Fsp3) is 0.833. The highest BCUT2D eigenvalue weighted by atomic mass is 32.2. The number of thioether (sulfide) groups is 2. The molecule has 0 aromatic rings. The van der Waals surface area contributed by atoms with E-state index in [2.05, 4.69) is 30.1 Å². The van der Waals surface area contributed by atoms with Gasteiger partial charge in [0.15, 0.2) is 0 Å². The first-order valence-electron chi connectivity index (χ1n) is 6.05. The third-order valence-corrected chi connectivity index (χ3v) is 5.99. The SMILES string of the molecule is CNC(=O)CCNC(=O)CCCC(C)(SC)SC. The lowest BCUT2D eigenvalue weighted by Crippen LogP contribution is -2.29. The molecule has 2 N–H and O–H groups in total. The summed E-state index contributed by atoms with van der Waals surface area (Å²) in [5, 5.41) is 5.28. The van der Waals surface area contributed by atoms with Gasteiger partial charge in [0.1, 0.15) is 0 Å². The van der Waals surface area contributed by atoms with Crippen LogP contribution in [0.1, 0.15) is 32.6 Å². The molecule has 2 amide bonds. The number of amides is 2. The summed E-state index contributed by atoms with van der Waals surface area (Å²) in [6, 6.07) is 0. The normalized spacial score (nSPS) is 11.1. The van der Waals surface area contributed by atoms with Crippen LogP contribution in [0.5, 0.6) is 0 Å². The van der Waals surface area contributed by atoms with Crippen LogP contribution in [0.3, 0.4) is 0 Å². The predicted octanol–water partition coefficient (Wildman–Crippen LogP) is 1.85. The minimum absolute atomic E-state index is 0.0310. The maximum Gasteiger partial charge on any atom is 0.221 e. The van der Waals surface area contributed by atoms with Crippen molar-refractivity contribution in [3.63, 3.8) is 0 Å². The molecule has 0 saturated carbocycles. The number of hydrogen-bond acceptors (Lipinski definition) is 4. The first-order valence-corrected chi connectivity index (χ1v) is 8.50. The average Bonchev–Trinajstić information content (AvgIpc) is 2.38. The molecule has 0 saturated heterocycles. The van der Waals surface area contributed by atoms with Crippen LogP contribution in [0.15, 0.2) is 0 Å². The molecule has 0 aliphatic heterocycles. The van der Waals surface area contributed by atoms with Crippen molar-refractivity contribution in [2.45, 2.75) is 36.7 Å². The molecule has 6 heteroatoms. The third-order valence-electron chi connectivity index (χ3n) is 2.85. The summed E-state index contributed by atoms with van der Waals surface area (Å²) in [5.74, 6) is -0.0175.